The lowest BCUT2D eigenvalue weighted by Gasteiger charge is -2.24. The second kappa shape index (κ2) is 5.30. The third-order valence-electron chi connectivity index (χ3n) is 3.18. The van der Waals surface area contributed by atoms with Crippen LogP contribution < -0.4 is 10.5 Å². The van der Waals surface area contributed by atoms with Gasteiger partial charge in [-0.05, 0) is 31.0 Å². The molecule has 0 spiro atoms. The van der Waals surface area contributed by atoms with E-state index in [1.807, 2.05) is 0 Å². The molecule has 1 saturated heterocycles. The maximum absolute atomic E-state index is 13.8. The molecule has 1 aliphatic rings. The number of nitrogens with two attached hydrogens (primary N) is 1. The molecule has 1 aliphatic heterocycles. The number of rotatable bonds is 3. The predicted octanol–water partition coefficient (Wildman–Crippen LogP) is 0.462. The number of hydrogen-bond acceptors (Lipinski definition) is 5. The molecule has 0 aromatic heterocycles. The molecular formula is C11H15FN2O4S2. The third-order valence-corrected chi connectivity index (χ3v) is 5.81. The van der Waals surface area contributed by atoms with E-state index in [9.17, 15) is 21.2 Å². The number of hydrogen-bond donors (Lipinski definition) is 2. The zero-order valence-electron chi connectivity index (χ0n) is 10.5. The Hall–Kier alpha value is -1.19. The number of sulfone groups is 1. The molecule has 1 aromatic carbocycles. The Morgan fingerprint density at radius 3 is 2.35 bits per heavy atom. The summed E-state index contributed by atoms with van der Waals surface area (Å²) in [7, 11) is -6.91. The molecule has 112 valence electrons. The average molecular weight is 322 g/mol. The quantitative estimate of drug-likeness (QED) is 0.841. The smallest absolute Gasteiger partial charge is 0.238 e. The van der Waals surface area contributed by atoms with Crippen LogP contribution in [-0.2, 0) is 19.9 Å². The largest absolute Gasteiger partial charge is 0.380 e. The number of nitrogens with one attached hydrogen (secondary N) is 1. The maximum Gasteiger partial charge on any atom is 0.238 e. The highest BCUT2D eigenvalue weighted by Crippen LogP contribution is 2.22. The molecule has 6 nitrogen and oxygen atoms in total. The Morgan fingerprint density at radius 2 is 1.85 bits per heavy atom. The minimum absolute atomic E-state index is 0.0710. The van der Waals surface area contributed by atoms with Crippen molar-refractivity contribution in [3.05, 3.63) is 24.0 Å². The normalized spacial score (nSPS) is 19.7. The highest BCUT2D eigenvalue weighted by molar-refractivity contribution is 7.91. The molecule has 20 heavy (non-hydrogen) atoms. The van der Waals surface area contributed by atoms with Gasteiger partial charge in [0.1, 0.15) is 15.7 Å². The summed E-state index contributed by atoms with van der Waals surface area (Å²) in [5, 5.41) is 7.80. The molecule has 3 N–H and O–H groups in total. The van der Waals surface area contributed by atoms with E-state index in [1.54, 1.807) is 0 Å². The van der Waals surface area contributed by atoms with Crippen molar-refractivity contribution >= 4 is 25.5 Å². The first-order chi connectivity index (χ1) is 9.17. The molecule has 2 rings (SSSR count). The van der Waals surface area contributed by atoms with Gasteiger partial charge in [0.15, 0.2) is 0 Å². The summed E-state index contributed by atoms with van der Waals surface area (Å²) in [6, 6.07) is 3.20. The van der Waals surface area contributed by atoms with E-state index in [4.69, 9.17) is 5.14 Å². The van der Waals surface area contributed by atoms with E-state index >= 15 is 0 Å². The van der Waals surface area contributed by atoms with Crippen LogP contribution in [0.5, 0.6) is 0 Å². The van der Waals surface area contributed by atoms with Crippen molar-refractivity contribution in [2.75, 3.05) is 16.8 Å². The fourth-order valence-corrected chi connectivity index (χ4v) is 4.06. The zero-order chi connectivity index (χ0) is 15.0. The van der Waals surface area contributed by atoms with Gasteiger partial charge >= 0.3 is 0 Å². The van der Waals surface area contributed by atoms with Crippen molar-refractivity contribution in [3.63, 3.8) is 0 Å². The lowest BCUT2D eigenvalue weighted by Crippen LogP contribution is -2.32. The van der Waals surface area contributed by atoms with Crippen molar-refractivity contribution < 1.29 is 21.2 Å². The first-order valence-corrected chi connectivity index (χ1v) is 9.33. The first-order valence-electron chi connectivity index (χ1n) is 5.97. The van der Waals surface area contributed by atoms with Gasteiger partial charge in [0, 0.05) is 6.04 Å². The van der Waals surface area contributed by atoms with Gasteiger partial charge in [-0.1, -0.05) is 0 Å². The minimum Gasteiger partial charge on any atom is -0.380 e. The summed E-state index contributed by atoms with van der Waals surface area (Å²) in [6.07, 6.45) is 0.803. The van der Waals surface area contributed by atoms with Crippen LogP contribution in [0.2, 0.25) is 0 Å². The molecule has 0 amide bonds. The Labute approximate surface area is 117 Å². The average Bonchev–Trinajstić information content (AvgIpc) is 2.33. The zero-order valence-corrected chi connectivity index (χ0v) is 12.2. The summed E-state index contributed by atoms with van der Waals surface area (Å²) >= 11 is 0. The van der Waals surface area contributed by atoms with Gasteiger partial charge in [-0.15, -0.1) is 0 Å². The maximum atomic E-state index is 13.8. The lowest BCUT2D eigenvalue weighted by atomic mass is 10.1. The predicted molar refractivity (Wildman–Crippen MR) is 73.1 cm³/mol. The van der Waals surface area contributed by atoms with Gasteiger partial charge in [-0.25, -0.2) is 26.4 Å². The molecule has 0 atom stereocenters. The van der Waals surface area contributed by atoms with E-state index in [2.05, 4.69) is 5.32 Å². The minimum atomic E-state index is -3.94. The number of benzene rings is 1. The number of halogens is 1. The molecule has 0 radical (unpaired) electrons. The molecule has 0 bridgehead atoms. The monoisotopic (exact) mass is 322 g/mol. The van der Waals surface area contributed by atoms with Crippen LogP contribution in [0.15, 0.2) is 23.1 Å². The standard InChI is InChI=1S/C11H15FN2O4S2/c12-10-7-9(20(13,17)18)1-2-11(10)14-8-3-5-19(15,16)6-4-8/h1-2,7-8,14H,3-6H2,(H2,13,17,18). The van der Waals surface area contributed by atoms with Crippen molar-refractivity contribution in [2.45, 2.75) is 23.8 Å². The Balaban J connectivity index is 2.12. The highest BCUT2D eigenvalue weighted by Gasteiger charge is 2.24. The van der Waals surface area contributed by atoms with Crippen LogP contribution in [0.3, 0.4) is 0 Å². The molecule has 9 heteroatoms. The summed E-state index contributed by atoms with van der Waals surface area (Å²) in [5.74, 6) is -0.590. The van der Waals surface area contributed by atoms with Crippen molar-refractivity contribution in [1.82, 2.24) is 0 Å². The van der Waals surface area contributed by atoms with E-state index in [0.717, 1.165) is 6.07 Å². The van der Waals surface area contributed by atoms with Crippen LogP contribution in [-0.4, -0.2) is 34.4 Å². The molecule has 0 saturated carbocycles. The third kappa shape index (κ3) is 3.68. The van der Waals surface area contributed by atoms with Crippen LogP contribution in [0.1, 0.15) is 12.8 Å². The van der Waals surface area contributed by atoms with Crippen LogP contribution in [0, 0.1) is 5.82 Å². The Bertz CT molecular complexity index is 702. The van der Waals surface area contributed by atoms with Crippen LogP contribution >= 0.6 is 0 Å². The summed E-state index contributed by atoms with van der Waals surface area (Å²) < 4.78 is 58.5. The van der Waals surface area contributed by atoms with Gasteiger partial charge in [0.05, 0.1) is 22.1 Å². The SMILES string of the molecule is NS(=O)(=O)c1ccc(NC2CCS(=O)(=O)CC2)c(F)c1. The fraction of sp³-hybridized carbons (Fsp3) is 0.455. The van der Waals surface area contributed by atoms with Gasteiger partial charge in [0.25, 0.3) is 0 Å². The lowest BCUT2D eigenvalue weighted by molar-refractivity contribution is 0.556. The number of sulfonamides is 1. The number of primary sulfonamides is 1. The second-order valence-electron chi connectivity index (χ2n) is 4.76. The van der Waals surface area contributed by atoms with Crippen LogP contribution in [0.25, 0.3) is 0 Å². The van der Waals surface area contributed by atoms with Crippen molar-refractivity contribution in [3.8, 4) is 0 Å². The molecule has 1 fully saturated rings. The Kier molecular flexibility index (Phi) is 4.03. The molecule has 1 aromatic rings. The first kappa shape index (κ1) is 15.2. The molecule has 0 aliphatic carbocycles. The summed E-state index contributed by atoms with van der Waals surface area (Å²) in [6.45, 7) is 0. The summed E-state index contributed by atoms with van der Waals surface area (Å²) in [4.78, 5) is -0.299. The molecule has 0 unspecified atom stereocenters. The van der Waals surface area contributed by atoms with Crippen LogP contribution in [0.4, 0.5) is 10.1 Å². The Morgan fingerprint density at radius 1 is 1.25 bits per heavy atom. The van der Waals surface area contributed by atoms with Crippen molar-refractivity contribution in [1.29, 1.82) is 0 Å². The van der Waals surface area contributed by atoms with Gasteiger partial charge in [-0.3, -0.25) is 0 Å². The fourth-order valence-electron chi connectivity index (χ4n) is 2.04. The van der Waals surface area contributed by atoms with Gasteiger partial charge < -0.3 is 5.32 Å². The molecule has 1 heterocycles. The van der Waals surface area contributed by atoms with E-state index in [0.29, 0.717) is 12.8 Å². The second-order valence-corrected chi connectivity index (χ2v) is 8.62. The van der Waals surface area contributed by atoms with E-state index in [1.165, 1.54) is 12.1 Å². The van der Waals surface area contributed by atoms with Gasteiger partial charge in [0.2, 0.25) is 10.0 Å². The van der Waals surface area contributed by atoms with Gasteiger partial charge in [-0.2, -0.15) is 0 Å². The molecular weight excluding hydrogens is 307 g/mol. The highest BCUT2D eigenvalue weighted by atomic mass is 32.2. The van der Waals surface area contributed by atoms with Crippen molar-refractivity contribution in [2.24, 2.45) is 5.14 Å². The topological polar surface area (TPSA) is 106 Å². The number of anilines is 1. The van der Waals surface area contributed by atoms with E-state index < -0.39 is 25.7 Å². The van der Waals surface area contributed by atoms with E-state index in [-0.39, 0.29) is 28.1 Å². The summed E-state index contributed by atoms with van der Waals surface area (Å²) in [5.41, 5.74) is 0.140.